The van der Waals surface area contributed by atoms with E-state index < -0.39 is 50.7 Å². The zero-order chi connectivity index (χ0) is 23.8. The highest BCUT2D eigenvalue weighted by molar-refractivity contribution is 5.56. The summed E-state index contributed by atoms with van der Waals surface area (Å²) in [5.41, 5.74) is -4.90. The summed E-state index contributed by atoms with van der Waals surface area (Å²) in [6.45, 7) is 0.497. The minimum absolute atomic E-state index is 0.0388. The van der Waals surface area contributed by atoms with Gasteiger partial charge in [0.25, 0.3) is 11.5 Å². The lowest BCUT2D eigenvalue weighted by molar-refractivity contribution is -0.385. The summed E-state index contributed by atoms with van der Waals surface area (Å²) in [7, 11) is 2.32. The normalized spacial score (nSPS) is 11.3. The molecule has 1 heterocycles. The lowest BCUT2D eigenvalue weighted by Gasteiger charge is -2.17. The van der Waals surface area contributed by atoms with Crippen molar-refractivity contribution >= 4 is 5.69 Å². The van der Waals surface area contributed by atoms with Crippen molar-refractivity contribution < 1.29 is 27.6 Å². The molecule has 0 amide bonds. The number of nitro groups is 1. The fourth-order valence-electron chi connectivity index (χ4n) is 3.02. The molecule has 0 bridgehead atoms. The Kier molecular flexibility index (Phi) is 5.80. The molecule has 3 rings (SSSR count). The molecule has 0 aliphatic carbocycles. The second kappa shape index (κ2) is 8.21. The van der Waals surface area contributed by atoms with Gasteiger partial charge in [0.15, 0.2) is 17.3 Å². The van der Waals surface area contributed by atoms with Crippen LogP contribution in [0.25, 0.3) is 5.69 Å². The zero-order valence-electron chi connectivity index (χ0n) is 17.0. The number of hydrogen-bond acceptors (Lipinski definition) is 6. The van der Waals surface area contributed by atoms with Gasteiger partial charge >= 0.3 is 11.4 Å². The van der Waals surface area contributed by atoms with Gasteiger partial charge in [-0.15, -0.1) is 0 Å². The Morgan fingerprint density at radius 3 is 2.25 bits per heavy atom. The van der Waals surface area contributed by atoms with Crippen LogP contribution in [-0.4, -0.2) is 21.2 Å². The average molecular weight is 451 g/mol. The quantitative estimate of drug-likeness (QED) is 0.420. The van der Waals surface area contributed by atoms with E-state index in [9.17, 15) is 32.9 Å². The number of nitrogens with zero attached hydrogens (tertiary/aromatic N) is 3. The van der Waals surface area contributed by atoms with Gasteiger partial charge in [0.05, 0.1) is 29.5 Å². The number of halogens is 3. The van der Waals surface area contributed by atoms with Crippen molar-refractivity contribution in [3.8, 4) is 22.9 Å². The predicted molar refractivity (Wildman–Crippen MR) is 107 cm³/mol. The van der Waals surface area contributed by atoms with Gasteiger partial charge in [-0.1, -0.05) is 12.1 Å². The van der Waals surface area contributed by atoms with Crippen molar-refractivity contribution in [1.82, 2.24) is 9.13 Å². The van der Waals surface area contributed by atoms with Crippen molar-refractivity contribution in [2.24, 2.45) is 7.05 Å². The molecule has 0 aliphatic heterocycles. The maximum Gasteiger partial charge on any atom is 0.335 e. The van der Waals surface area contributed by atoms with Crippen LogP contribution in [0.5, 0.6) is 17.2 Å². The monoisotopic (exact) mass is 451 g/mol. The van der Waals surface area contributed by atoms with Crippen molar-refractivity contribution in [2.75, 3.05) is 7.11 Å². The van der Waals surface area contributed by atoms with E-state index in [1.165, 1.54) is 19.2 Å². The summed E-state index contributed by atoms with van der Waals surface area (Å²) in [6.07, 6.45) is 0. The molecule has 1 aromatic heterocycles. The highest BCUT2D eigenvalue weighted by atomic mass is 19.3. The topological polar surface area (TPSA) is 106 Å². The van der Waals surface area contributed by atoms with Crippen LogP contribution in [0.15, 0.2) is 52.1 Å². The van der Waals surface area contributed by atoms with Crippen LogP contribution in [0.2, 0.25) is 0 Å². The molecule has 0 saturated heterocycles. The molecule has 0 aliphatic rings. The molecule has 9 nitrogen and oxygen atoms in total. The fraction of sp³-hybridized carbons (Fsp3) is 0.200. The number of methoxy groups -OCH3 is 1. The molecule has 0 N–H and O–H groups in total. The molecule has 0 fully saturated rings. The molecule has 0 radical (unpaired) electrons. The molecule has 12 heteroatoms. The number of para-hydroxylation sites is 2. The maximum absolute atomic E-state index is 14.7. The maximum atomic E-state index is 14.7. The van der Waals surface area contributed by atoms with E-state index in [2.05, 4.69) is 0 Å². The smallest absolute Gasteiger partial charge is 0.335 e. The second-order valence-corrected chi connectivity index (χ2v) is 6.71. The Morgan fingerprint density at radius 1 is 1.06 bits per heavy atom. The number of hydrogen-bond donors (Lipinski definition) is 0. The van der Waals surface area contributed by atoms with Crippen LogP contribution in [0.1, 0.15) is 12.6 Å². The van der Waals surface area contributed by atoms with E-state index in [4.69, 9.17) is 9.47 Å². The van der Waals surface area contributed by atoms with E-state index >= 15 is 0 Å². The van der Waals surface area contributed by atoms with Crippen LogP contribution in [0.3, 0.4) is 0 Å². The Labute approximate surface area is 178 Å². The number of nitro benzene ring substituents is 1. The lowest BCUT2D eigenvalue weighted by atomic mass is 10.2. The standard InChI is InChI=1S/C20H16F3N3O6/c1-20(22,23)17-10-18(27)25(19(28)24(17)2)12-9-16(13(26(29)30)8-11(12)21)32-15-7-5-4-6-14(15)31-3/h4-10H,1-3H3. The zero-order valence-corrected chi connectivity index (χ0v) is 17.0. The van der Waals surface area contributed by atoms with Gasteiger partial charge in [-0.05, 0) is 12.1 Å². The van der Waals surface area contributed by atoms with E-state index in [0.29, 0.717) is 23.6 Å². The number of ether oxygens (including phenoxy) is 2. The minimum Gasteiger partial charge on any atom is -0.493 e. The van der Waals surface area contributed by atoms with Crippen LogP contribution in [0, 0.1) is 15.9 Å². The average Bonchev–Trinajstić information content (AvgIpc) is 2.72. The SMILES string of the molecule is COc1ccccc1Oc1cc(-n2c(=O)cc(C(C)(F)F)n(C)c2=O)c(F)cc1[N+](=O)[O-]. The summed E-state index contributed by atoms with van der Waals surface area (Å²) < 4.78 is 53.6. The molecular weight excluding hydrogens is 435 g/mol. The largest absolute Gasteiger partial charge is 0.493 e. The first-order valence-corrected chi connectivity index (χ1v) is 8.96. The molecule has 0 saturated carbocycles. The van der Waals surface area contributed by atoms with Gasteiger partial charge in [0.1, 0.15) is 0 Å². The molecule has 2 aromatic carbocycles. The van der Waals surface area contributed by atoms with Crippen LogP contribution in [0.4, 0.5) is 18.9 Å². The number of benzene rings is 2. The molecule has 0 unspecified atom stereocenters. The van der Waals surface area contributed by atoms with E-state index in [1.54, 1.807) is 12.1 Å². The van der Waals surface area contributed by atoms with Gasteiger partial charge in [-0.3, -0.25) is 19.5 Å². The molecular formula is C20H16F3N3O6. The summed E-state index contributed by atoms with van der Waals surface area (Å²) in [5.74, 6) is -5.08. The Balaban J connectivity index is 2.27. The van der Waals surface area contributed by atoms with Gasteiger partial charge in [-0.25, -0.2) is 22.5 Å². The van der Waals surface area contributed by atoms with Crippen LogP contribution >= 0.6 is 0 Å². The Bertz CT molecular complexity index is 1330. The van der Waals surface area contributed by atoms with Gasteiger partial charge in [0.2, 0.25) is 5.75 Å². The first-order chi connectivity index (χ1) is 15.0. The molecule has 0 atom stereocenters. The van der Waals surface area contributed by atoms with E-state index in [-0.39, 0.29) is 16.1 Å². The van der Waals surface area contributed by atoms with Gasteiger partial charge in [-0.2, -0.15) is 0 Å². The number of aromatic nitrogens is 2. The summed E-state index contributed by atoms with van der Waals surface area (Å²) in [4.78, 5) is 35.6. The number of rotatable bonds is 6. The lowest BCUT2D eigenvalue weighted by Crippen LogP contribution is -2.41. The fourth-order valence-corrected chi connectivity index (χ4v) is 3.02. The predicted octanol–water partition coefficient (Wildman–Crippen LogP) is 3.50. The van der Waals surface area contributed by atoms with Gasteiger partial charge in [0, 0.05) is 26.1 Å². The minimum atomic E-state index is -3.52. The highest BCUT2D eigenvalue weighted by Crippen LogP contribution is 2.38. The van der Waals surface area contributed by atoms with Gasteiger partial charge < -0.3 is 9.47 Å². The third-order valence-electron chi connectivity index (χ3n) is 4.52. The van der Waals surface area contributed by atoms with E-state index in [1.807, 2.05) is 0 Å². The first kappa shape index (κ1) is 22.6. The third kappa shape index (κ3) is 4.06. The van der Waals surface area contributed by atoms with E-state index in [0.717, 1.165) is 13.1 Å². The summed E-state index contributed by atoms with van der Waals surface area (Å²) >= 11 is 0. The van der Waals surface area contributed by atoms with Crippen molar-refractivity contribution in [2.45, 2.75) is 12.8 Å². The molecule has 168 valence electrons. The molecule has 0 spiro atoms. The first-order valence-electron chi connectivity index (χ1n) is 8.96. The van der Waals surface area contributed by atoms with Crippen LogP contribution in [-0.2, 0) is 13.0 Å². The third-order valence-corrected chi connectivity index (χ3v) is 4.52. The van der Waals surface area contributed by atoms with Crippen molar-refractivity contribution in [1.29, 1.82) is 0 Å². The van der Waals surface area contributed by atoms with Crippen LogP contribution < -0.4 is 20.7 Å². The molecule has 3 aromatic rings. The summed E-state index contributed by atoms with van der Waals surface area (Å²) in [5, 5.41) is 11.4. The second-order valence-electron chi connectivity index (χ2n) is 6.71. The molecule has 32 heavy (non-hydrogen) atoms. The Morgan fingerprint density at radius 2 is 1.69 bits per heavy atom. The Hall–Kier alpha value is -4.09. The highest BCUT2D eigenvalue weighted by Gasteiger charge is 2.30. The van der Waals surface area contributed by atoms with Crippen molar-refractivity contribution in [3.05, 3.63) is 84.9 Å². The summed E-state index contributed by atoms with van der Waals surface area (Å²) in [6, 6.07) is 7.83. The van der Waals surface area contributed by atoms with Crippen molar-refractivity contribution in [3.63, 3.8) is 0 Å². The number of alkyl halides is 2.